The van der Waals surface area contributed by atoms with Gasteiger partial charge in [0.05, 0.1) is 36.9 Å². The van der Waals surface area contributed by atoms with E-state index in [1.54, 1.807) is 12.1 Å². The van der Waals surface area contributed by atoms with Crippen LogP contribution in [0.1, 0.15) is 0 Å². The number of methoxy groups -OCH3 is 3. The third kappa shape index (κ3) is 4.65. The largest absolute Gasteiger partial charge is 0.495 e. The minimum atomic E-state index is -4.11. The number of hydrogen-bond donors (Lipinski definition) is 0. The van der Waals surface area contributed by atoms with Gasteiger partial charge in [0.15, 0.2) is 0 Å². The predicted octanol–water partition coefficient (Wildman–Crippen LogP) is 3.45. The molecule has 0 N–H and O–H groups in total. The zero-order valence-electron chi connectivity index (χ0n) is 15.8. The molecule has 152 valence electrons. The van der Waals surface area contributed by atoms with E-state index < -0.39 is 22.5 Å². The van der Waals surface area contributed by atoms with E-state index in [4.69, 9.17) is 21.1 Å². The van der Waals surface area contributed by atoms with E-state index in [9.17, 15) is 13.2 Å². The van der Waals surface area contributed by atoms with Crippen LogP contribution in [-0.2, 0) is 19.6 Å². The maximum atomic E-state index is 13.3. The van der Waals surface area contributed by atoms with Gasteiger partial charge >= 0.3 is 5.97 Å². The Kier molecular flexibility index (Phi) is 7.45. The number of hydrogen-bond acceptors (Lipinski definition) is 7. The summed E-state index contributed by atoms with van der Waals surface area (Å²) in [5.74, 6) is -0.334. The van der Waals surface area contributed by atoms with Crippen molar-refractivity contribution in [3.05, 3.63) is 41.4 Å². The number of benzene rings is 2. The fraction of sp³-hybridized carbons (Fsp3) is 0.278. The molecule has 0 saturated carbocycles. The summed E-state index contributed by atoms with van der Waals surface area (Å²) in [6.45, 7) is -0.551. The smallest absolute Gasteiger partial charge is 0.326 e. The van der Waals surface area contributed by atoms with Gasteiger partial charge in [-0.25, -0.2) is 8.42 Å². The van der Waals surface area contributed by atoms with Crippen LogP contribution in [0.4, 0.5) is 5.69 Å². The molecule has 2 aromatic carbocycles. The van der Waals surface area contributed by atoms with Crippen LogP contribution in [0.15, 0.2) is 46.2 Å². The third-order valence-electron chi connectivity index (χ3n) is 3.87. The Morgan fingerprint density at radius 3 is 2.18 bits per heavy atom. The minimum absolute atomic E-state index is 0.0187. The number of ether oxygens (including phenoxy) is 3. The van der Waals surface area contributed by atoms with Gasteiger partial charge in [0.1, 0.15) is 18.0 Å². The second kappa shape index (κ2) is 9.40. The zero-order chi connectivity index (χ0) is 20.9. The first kappa shape index (κ1) is 22.2. The number of anilines is 1. The SMILES string of the molecule is COC(=O)CN(c1cc(OC)c(Cl)cc1OC)S(=O)(=O)c1ccc(SC)cc1. The van der Waals surface area contributed by atoms with Crippen molar-refractivity contribution in [2.24, 2.45) is 0 Å². The van der Waals surface area contributed by atoms with Crippen molar-refractivity contribution in [3.63, 3.8) is 0 Å². The molecule has 2 aromatic rings. The highest BCUT2D eigenvalue weighted by Crippen LogP contribution is 2.40. The molecule has 0 aliphatic heterocycles. The molecule has 0 fully saturated rings. The second-order valence-corrected chi connectivity index (χ2v) is 8.57. The highest BCUT2D eigenvalue weighted by molar-refractivity contribution is 7.98. The lowest BCUT2D eigenvalue weighted by molar-refractivity contribution is -0.138. The monoisotopic (exact) mass is 445 g/mol. The summed E-state index contributed by atoms with van der Waals surface area (Å²) in [5.41, 5.74) is 0.100. The Morgan fingerprint density at radius 2 is 1.68 bits per heavy atom. The number of nitrogens with zero attached hydrogens (tertiary/aromatic N) is 1. The number of carbonyl (C=O) groups is 1. The minimum Gasteiger partial charge on any atom is -0.495 e. The molecule has 10 heteroatoms. The first-order valence-corrected chi connectivity index (χ1v) is 11.0. The van der Waals surface area contributed by atoms with E-state index in [-0.39, 0.29) is 27.1 Å². The molecule has 7 nitrogen and oxygen atoms in total. The van der Waals surface area contributed by atoms with Crippen LogP contribution < -0.4 is 13.8 Å². The average Bonchev–Trinajstić information content (AvgIpc) is 2.71. The Bertz CT molecular complexity index is 947. The average molecular weight is 446 g/mol. The van der Waals surface area contributed by atoms with E-state index in [2.05, 4.69) is 4.74 Å². The van der Waals surface area contributed by atoms with Crippen molar-refractivity contribution in [3.8, 4) is 11.5 Å². The highest BCUT2D eigenvalue weighted by atomic mass is 35.5. The molecule has 28 heavy (non-hydrogen) atoms. The van der Waals surface area contributed by atoms with Gasteiger partial charge in [0.25, 0.3) is 10.0 Å². The summed E-state index contributed by atoms with van der Waals surface area (Å²) in [6, 6.07) is 9.15. The van der Waals surface area contributed by atoms with Gasteiger partial charge < -0.3 is 14.2 Å². The van der Waals surface area contributed by atoms with Gasteiger partial charge in [-0.1, -0.05) is 11.6 Å². The van der Waals surface area contributed by atoms with Crippen molar-refractivity contribution < 1.29 is 27.4 Å². The van der Waals surface area contributed by atoms with Crippen molar-refractivity contribution >= 4 is 45.0 Å². The molecule has 0 aromatic heterocycles. The lowest BCUT2D eigenvalue weighted by atomic mass is 10.2. The number of halogens is 1. The van der Waals surface area contributed by atoms with Crippen LogP contribution in [-0.4, -0.2) is 48.5 Å². The van der Waals surface area contributed by atoms with E-state index in [1.165, 1.54) is 57.4 Å². The first-order chi connectivity index (χ1) is 13.3. The summed E-state index contributed by atoms with van der Waals surface area (Å²) < 4.78 is 42.7. The topological polar surface area (TPSA) is 82.1 Å². The zero-order valence-corrected chi connectivity index (χ0v) is 18.2. The van der Waals surface area contributed by atoms with Crippen LogP contribution in [0.2, 0.25) is 5.02 Å². The van der Waals surface area contributed by atoms with Crippen molar-refractivity contribution in [1.82, 2.24) is 0 Å². The molecular weight excluding hydrogens is 426 g/mol. The molecule has 0 amide bonds. The fourth-order valence-electron chi connectivity index (χ4n) is 2.40. The Balaban J connectivity index is 2.66. The summed E-state index contributed by atoms with van der Waals surface area (Å²) in [4.78, 5) is 12.9. The highest BCUT2D eigenvalue weighted by Gasteiger charge is 2.31. The van der Waals surface area contributed by atoms with Crippen LogP contribution in [0.25, 0.3) is 0 Å². The number of carbonyl (C=O) groups excluding carboxylic acids is 1. The number of rotatable bonds is 8. The first-order valence-electron chi connectivity index (χ1n) is 7.93. The molecule has 0 spiro atoms. The third-order valence-corrected chi connectivity index (χ3v) is 6.68. The molecular formula is C18H20ClNO6S2. The molecule has 2 rings (SSSR count). The maximum Gasteiger partial charge on any atom is 0.326 e. The normalized spacial score (nSPS) is 11.0. The van der Waals surface area contributed by atoms with Crippen LogP contribution >= 0.6 is 23.4 Å². The molecule has 0 aliphatic rings. The summed E-state index contributed by atoms with van der Waals surface area (Å²) in [6.07, 6.45) is 1.89. The van der Waals surface area contributed by atoms with E-state index in [0.717, 1.165) is 9.20 Å². The quantitative estimate of drug-likeness (QED) is 0.454. The van der Waals surface area contributed by atoms with E-state index in [1.807, 2.05) is 6.26 Å². The van der Waals surface area contributed by atoms with E-state index in [0.29, 0.717) is 0 Å². The van der Waals surface area contributed by atoms with Gasteiger partial charge in [0.2, 0.25) is 0 Å². The lowest BCUT2D eigenvalue weighted by Crippen LogP contribution is -2.36. The molecule has 0 heterocycles. The molecule has 0 unspecified atom stereocenters. The predicted molar refractivity (Wildman–Crippen MR) is 109 cm³/mol. The molecule has 0 bridgehead atoms. The molecule has 0 aliphatic carbocycles. The van der Waals surface area contributed by atoms with Gasteiger partial charge in [0, 0.05) is 17.0 Å². The summed E-state index contributed by atoms with van der Waals surface area (Å²) in [5, 5.41) is 0.239. The summed E-state index contributed by atoms with van der Waals surface area (Å²) >= 11 is 7.60. The van der Waals surface area contributed by atoms with E-state index >= 15 is 0 Å². The second-order valence-electron chi connectivity index (χ2n) is 5.42. The number of thioether (sulfide) groups is 1. The summed E-state index contributed by atoms with van der Waals surface area (Å²) in [7, 11) is -0.156. The maximum absolute atomic E-state index is 13.3. The Hall–Kier alpha value is -2.10. The van der Waals surface area contributed by atoms with Gasteiger partial charge in [-0.15, -0.1) is 11.8 Å². The molecule has 0 radical (unpaired) electrons. The number of sulfonamides is 1. The fourth-order valence-corrected chi connectivity index (χ4v) is 4.45. The molecule has 0 atom stereocenters. The van der Waals surface area contributed by atoms with Crippen LogP contribution in [0, 0.1) is 0 Å². The van der Waals surface area contributed by atoms with Crippen molar-refractivity contribution in [2.45, 2.75) is 9.79 Å². The standard InChI is InChI=1S/C18H20ClNO6S2/c1-24-16-10-15(17(25-2)9-14(16)19)20(11-18(21)26-3)28(22,23)13-7-5-12(27-4)6-8-13/h5-10H,11H2,1-4H3. The molecule has 0 saturated heterocycles. The number of esters is 1. The Labute approximate surface area is 173 Å². The van der Waals surface area contributed by atoms with Gasteiger partial charge in [-0.3, -0.25) is 9.10 Å². The Morgan fingerprint density at radius 1 is 1.07 bits per heavy atom. The van der Waals surface area contributed by atoms with Crippen LogP contribution in [0.5, 0.6) is 11.5 Å². The van der Waals surface area contributed by atoms with Gasteiger partial charge in [-0.2, -0.15) is 0 Å². The van der Waals surface area contributed by atoms with Crippen LogP contribution in [0.3, 0.4) is 0 Å². The van der Waals surface area contributed by atoms with Crippen molar-refractivity contribution in [1.29, 1.82) is 0 Å². The van der Waals surface area contributed by atoms with Gasteiger partial charge in [-0.05, 0) is 30.5 Å². The lowest BCUT2D eigenvalue weighted by Gasteiger charge is -2.25. The van der Waals surface area contributed by atoms with Crippen molar-refractivity contribution in [2.75, 3.05) is 38.4 Å².